The minimum atomic E-state index is -0.508. The summed E-state index contributed by atoms with van der Waals surface area (Å²) in [7, 11) is 3.07. The molecule has 0 N–H and O–H groups in total. The maximum atomic E-state index is 11.6. The summed E-state index contributed by atoms with van der Waals surface area (Å²) in [6, 6.07) is 4.34. The van der Waals surface area contributed by atoms with Crippen LogP contribution in [0.3, 0.4) is 0 Å². The molecule has 0 bridgehead atoms. The first-order valence-electron chi connectivity index (χ1n) is 6.39. The maximum absolute atomic E-state index is 11.6. The molecule has 6 heteroatoms. The number of methoxy groups -OCH3 is 1. The Morgan fingerprint density at radius 3 is 2.40 bits per heavy atom. The molecule has 0 amide bonds. The summed E-state index contributed by atoms with van der Waals surface area (Å²) in [5, 5.41) is 11.1. The van der Waals surface area contributed by atoms with E-state index < -0.39 is 10.9 Å². The molecular weight excluding hydrogens is 260 g/mol. The van der Waals surface area contributed by atoms with Gasteiger partial charge in [-0.05, 0) is 25.0 Å². The van der Waals surface area contributed by atoms with Crippen molar-refractivity contribution in [3.63, 3.8) is 0 Å². The Bertz CT molecular complexity index is 514. The highest BCUT2D eigenvalue weighted by molar-refractivity contribution is 5.91. The lowest BCUT2D eigenvalue weighted by atomic mass is 10.0. The second-order valence-electron chi connectivity index (χ2n) is 5.05. The van der Waals surface area contributed by atoms with Gasteiger partial charge in [0, 0.05) is 19.2 Å². The Kier molecular flexibility index (Phi) is 5.07. The average Bonchev–Trinajstić information content (AvgIpc) is 2.43. The lowest BCUT2D eigenvalue weighted by Gasteiger charge is -2.29. The molecule has 1 aromatic rings. The Hall–Kier alpha value is -2.11. The molecule has 20 heavy (non-hydrogen) atoms. The van der Waals surface area contributed by atoms with Crippen LogP contribution in [0.5, 0.6) is 0 Å². The summed E-state index contributed by atoms with van der Waals surface area (Å²) in [5.41, 5.74) is 0.697. The molecule has 0 aliphatic heterocycles. The highest BCUT2D eigenvalue weighted by Gasteiger charge is 2.23. The van der Waals surface area contributed by atoms with Crippen molar-refractivity contribution in [1.29, 1.82) is 0 Å². The molecule has 0 aliphatic carbocycles. The molecule has 0 aliphatic rings. The van der Waals surface area contributed by atoms with E-state index in [4.69, 9.17) is 0 Å². The van der Waals surface area contributed by atoms with Gasteiger partial charge < -0.3 is 9.64 Å². The predicted molar refractivity (Wildman–Crippen MR) is 77.1 cm³/mol. The van der Waals surface area contributed by atoms with E-state index in [2.05, 4.69) is 4.74 Å². The van der Waals surface area contributed by atoms with Crippen molar-refractivity contribution in [3.05, 3.63) is 33.9 Å². The molecular formula is C14H20N2O4. The van der Waals surface area contributed by atoms with Crippen LogP contribution in [0.15, 0.2) is 18.2 Å². The first-order valence-corrected chi connectivity index (χ1v) is 6.39. The lowest BCUT2D eigenvalue weighted by molar-refractivity contribution is -0.384. The topological polar surface area (TPSA) is 72.7 Å². The number of nitro benzene ring substituents is 1. The zero-order valence-electron chi connectivity index (χ0n) is 12.4. The SMILES string of the molecule is COC(=O)c1ccc([N+](=O)[O-])c(N(C)C(C)C(C)C)c1. The van der Waals surface area contributed by atoms with Gasteiger partial charge in [0.2, 0.25) is 0 Å². The lowest BCUT2D eigenvalue weighted by Crippen LogP contribution is -2.33. The quantitative estimate of drug-likeness (QED) is 0.471. The molecule has 1 atom stereocenters. The van der Waals surface area contributed by atoms with Crippen LogP contribution in [0, 0.1) is 16.0 Å². The highest BCUT2D eigenvalue weighted by Crippen LogP contribution is 2.31. The first kappa shape index (κ1) is 15.9. The van der Waals surface area contributed by atoms with Gasteiger partial charge in [-0.25, -0.2) is 4.79 Å². The minimum Gasteiger partial charge on any atom is -0.465 e. The van der Waals surface area contributed by atoms with Gasteiger partial charge in [-0.2, -0.15) is 0 Å². The van der Waals surface area contributed by atoms with Crippen molar-refractivity contribution in [3.8, 4) is 0 Å². The molecule has 1 aromatic carbocycles. The Morgan fingerprint density at radius 2 is 1.95 bits per heavy atom. The van der Waals surface area contributed by atoms with Crippen LogP contribution >= 0.6 is 0 Å². The number of anilines is 1. The van der Waals surface area contributed by atoms with Crippen LogP contribution < -0.4 is 4.90 Å². The van der Waals surface area contributed by atoms with E-state index in [0.717, 1.165) is 0 Å². The molecule has 0 aromatic heterocycles. The fourth-order valence-corrected chi connectivity index (χ4v) is 1.87. The maximum Gasteiger partial charge on any atom is 0.337 e. The van der Waals surface area contributed by atoms with Gasteiger partial charge in [-0.1, -0.05) is 13.8 Å². The van der Waals surface area contributed by atoms with Gasteiger partial charge in [0.05, 0.1) is 17.6 Å². The monoisotopic (exact) mass is 280 g/mol. The standard InChI is InChI=1S/C14H20N2O4/c1-9(2)10(3)15(4)13-8-11(14(17)20-5)6-7-12(13)16(18)19/h6-10H,1-5H3. The Balaban J connectivity index is 3.32. The van der Waals surface area contributed by atoms with Crippen LogP contribution in [0.2, 0.25) is 0 Å². The number of hydrogen-bond acceptors (Lipinski definition) is 5. The third kappa shape index (κ3) is 3.26. The summed E-state index contributed by atoms with van der Waals surface area (Å²) >= 11 is 0. The number of carbonyl (C=O) groups is 1. The number of esters is 1. The largest absolute Gasteiger partial charge is 0.465 e. The van der Waals surface area contributed by atoms with E-state index in [1.54, 1.807) is 7.05 Å². The van der Waals surface area contributed by atoms with Crippen molar-refractivity contribution in [2.45, 2.75) is 26.8 Å². The number of ether oxygens (including phenoxy) is 1. The van der Waals surface area contributed by atoms with E-state index in [9.17, 15) is 14.9 Å². The van der Waals surface area contributed by atoms with Gasteiger partial charge in [0.1, 0.15) is 5.69 Å². The molecule has 110 valence electrons. The number of rotatable bonds is 5. The summed E-state index contributed by atoms with van der Waals surface area (Å²) in [5.74, 6) is -0.187. The summed E-state index contributed by atoms with van der Waals surface area (Å²) in [6.07, 6.45) is 0. The normalized spacial score (nSPS) is 12.1. The zero-order chi connectivity index (χ0) is 15.4. The number of carbonyl (C=O) groups excluding carboxylic acids is 1. The number of benzene rings is 1. The second-order valence-corrected chi connectivity index (χ2v) is 5.05. The van der Waals surface area contributed by atoms with E-state index in [0.29, 0.717) is 17.2 Å². The smallest absolute Gasteiger partial charge is 0.337 e. The second kappa shape index (κ2) is 6.36. The fourth-order valence-electron chi connectivity index (χ4n) is 1.87. The van der Waals surface area contributed by atoms with E-state index in [1.165, 1.54) is 25.3 Å². The van der Waals surface area contributed by atoms with Crippen molar-refractivity contribution in [2.24, 2.45) is 5.92 Å². The van der Waals surface area contributed by atoms with Gasteiger partial charge in [0.25, 0.3) is 5.69 Å². The van der Waals surface area contributed by atoms with Gasteiger partial charge in [-0.15, -0.1) is 0 Å². The van der Waals surface area contributed by atoms with Gasteiger partial charge in [0.15, 0.2) is 0 Å². The van der Waals surface area contributed by atoms with E-state index in [-0.39, 0.29) is 11.7 Å². The molecule has 6 nitrogen and oxygen atoms in total. The predicted octanol–water partition coefficient (Wildman–Crippen LogP) is 2.86. The minimum absolute atomic E-state index is 0.0207. The van der Waals surface area contributed by atoms with E-state index >= 15 is 0 Å². The Labute approximate surface area is 118 Å². The summed E-state index contributed by atoms with van der Waals surface area (Å²) in [4.78, 5) is 24.1. The third-order valence-corrected chi connectivity index (χ3v) is 3.55. The third-order valence-electron chi connectivity index (χ3n) is 3.55. The molecule has 1 unspecified atom stereocenters. The molecule has 0 heterocycles. The number of nitrogens with zero attached hydrogens (tertiary/aromatic N) is 2. The fraction of sp³-hybridized carbons (Fsp3) is 0.500. The molecule has 0 spiro atoms. The number of nitro groups is 1. The molecule has 0 radical (unpaired) electrons. The molecule has 1 rings (SSSR count). The highest BCUT2D eigenvalue weighted by atomic mass is 16.6. The van der Waals surface area contributed by atoms with E-state index in [1.807, 2.05) is 25.7 Å². The van der Waals surface area contributed by atoms with Gasteiger partial charge >= 0.3 is 5.97 Å². The molecule has 0 saturated carbocycles. The van der Waals surface area contributed by atoms with Crippen LogP contribution in [-0.2, 0) is 4.74 Å². The molecule has 0 saturated heterocycles. The van der Waals surface area contributed by atoms with Crippen molar-refractivity contribution in [1.82, 2.24) is 0 Å². The first-order chi connectivity index (χ1) is 9.29. The summed E-state index contributed by atoms with van der Waals surface area (Å²) < 4.78 is 4.65. The zero-order valence-corrected chi connectivity index (χ0v) is 12.4. The van der Waals surface area contributed by atoms with Gasteiger partial charge in [-0.3, -0.25) is 10.1 Å². The average molecular weight is 280 g/mol. The van der Waals surface area contributed by atoms with Crippen LogP contribution in [0.25, 0.3) is 0 Å². The van der Waals surface area contributed by atoms with Crippen LogP contribution in [0.1, 0.15) is 31.1 Å². The number of hydrogen-bond donors (Lipinski definition) is 0. The summed E-state index contributed by atoms with van der Waals surface area (Å²) in [6.45, 7) is 6.06. The van der Waals surface area contributed by atoms with Crippen LogP contribution in [-0.4, -0.2) is 31.1 Å². The van der Waals surface area contributed by atoms with Crippen LogP contribution in [0.4, 0.5) is 11.4 Å². The Morgan fingerprint density at radius 1 is 1.35 bits per heavy atom. The van der Waals surface area contributed by atoms with Crippen molar-refractivity contribution >= 4 is 17.3 Å². The van der Waals surface area contributed by atoms with Crippen molar-refractivity contribution < 1.29 is 14.5 Å². The molecule has 0 fully saturated rings. The van der Waals surface area contributed by atoms with Crippen molar-refractivity contribution in [2.75, 3.05) is 19.1 Å².